The van der Waals surface area contributed by atoms with E-state index in [-0.39, 0.29) is 17.4 Å². The van der Waals surface area contributed by atoms with Crippen molar-refractivity contribution >= 4 is 29.0 Å². The number of nitrogens with zero attached hydrogens (tertiary/aromatic N) is 2. The number of anilines is 1. The quantitative estimate of drug-likeness (QED) is 0.641. The zero-order valence-corrected chi connectivity index (χ0v) is 17.0. The van der Waals surface area contributed by atoms with Gasteiger partial charge in [0.2, 0.25) is 0 Å². The van der Waals surface area contributed by atoms with Crippen LogP contribution in [0.1, 0.15) is 26.3 Å². The third-order valence-electron chi connectivity index (χ3n) is 5.27. The number of aromatic hydroxyl groups is 1. The number of phenolic OH excluding ortho intramolecular Hbond substituents is 1. The number of hydrogen-bond donors (Lipinski definition) is 1. The maximum atomic E-state index is 13.2. The normalized spacial score (nSPS) is 13.9. The summed E-state index contributed by atoms with van der Waals surface area (Å²) in [6.07, 6.45) is 0. The molecule has 0 aliphatic carbocycles. The number of carbonyl (C=O) groups excluding carboxylic acids is 2. The molecule has 1 aliphatic heterocycles. The molecule has 1 heterocycles. The van der Waals surface area contributed by atoms with Gasteiger partial charge >= 0.3 is 0 Å². The van der Waals surface area contributed by atoms with Crippen LogP contribution in [-0.4, -0.2) is 47.9 Å². The molecule has 0 radical (unpaired) electrons. The van der Waals surface area contributed by atoms with E-state index in [2.05, 4.69) is 4.90 Å². The Morgan fingerprint density at radius 1 is 0.800 bits per heavy atom. The van der Waals surface area contributed by atoms with Crippen molar-refractivity contribution in [2.75, 3.05) is 31.1 Å². The Morgan fingerprint density at radius 2 is 1.47 bits per heavy atom. The number of piperazine rings is 1. The predicted molar refractivity (Wildman–Crippen MR) is 118 cm³/mol. The van der Waals surface area contributed by atoms with Crippen LogP contribution in [0.5, 0.6) is 5.75 Å². The van der Waals surface area contributed by atoms with Crippen LogP contribution < -0.4 is 4.90 Å². The van der Waals surface area contributed by atoms with E-state index < -0.39 is 0 Å². The third kappa shape index (κ3) is 4.16. The highest BCUT2D eigenvalue weighted by atomic mass is 35.5. The Balaban J connectivity index is 1.51. The van der Waals surface area contributed by atoms with Gasteiger partial charge in [0, 0.05) is 54.1 Å². The average Bonchev–Trinajstić information content (AvgIpc) is 2.79. The zero-order chi connectivity index (χ0) is 21.1. The summed E-state index contributed by atoms with van der Waals surface area (Å²) in [6, 6.07) is 20.7. The monoisotopic (exact) mass is 420 g/mol. The number of hydrogen-bond acceptors (Lipinski definition) is 4. The molecule has 0 bridgehead atoms. The Morgan fingerprint density at radius 3 is 2.13 bits per heavy atom. The van der Waals surface area contributed by atoms with E-state index in [0.717, 1.165) is 5.69 Å². The first-order valence-corrected chi connectivity index (χ1v) is 10.1. The van der Waals surface area contributed by atoms with E-state index in [1.807, 2.05) is 6.07 Å². The van der Waals surface area contributed by atoms with Crippen molar-refractivity contribution in [2.24, 2.45) is 0 Å². The van der Waals surface area contributed by atoms with Crippen LogP contribution in [0.25, 0.3) is 0 Å². The molecule has 0 unspecified atom stereocenters. The summed E-state index contributed by atoms with van der Waals surface area (Å²) in [5, 5.41) is 10.2. The maximum absolute atomic E-state index is 13.2. The summed E-state index contributed by atoms with van der Waals surface area (Å²) in [5.74, 6) is -0.127. The SMILES string of the molecule is O=C(c1ccc(Cl)cc1)c1ccccc1C(=O)N1CCN(c2cccc(O)c2)CC1. The molecule has 1 aliphatic rings. The van der Waals surface area contributed by atoms with Crippen molar-refractivity contribution in [3.8, 4) is 5.75 Å². The lowest BCUT2D eigenvalue weighted by Crippen LogP contribution is -2.49. The third-order valence-corrected chi connectivity index (χ3v) is 5.52. The van der Waals surface area contributed by atoms with Crippen LogP contribution in [0.2, 0.25) is 5.02 Å². The molecule has 1 fully saturated rings. The summed E-state index contributed by atoms with van der Waals surface area (Å²) >= 11 is 5.92. The van der Waals surface area contributed by atoms with Crippen LogP contribution in [0, 0.1) is 0 Å². The fourth-order valence-electron chi connectivity index (χ4n) is 3.65. The highest BCUT2D eigenvalue weighted by Crippen LogP contribution is 2.23. The average molecular weight is 421 g/mol. The first-order chi connectivity index (χ1) is 14.5. The van der Waals surface area contributed by atoms with Gasteiger partial charge in [0.15, 0.2) is 5.78 Å². The van der Waals surface area contributed by atoms with Gasteiger partial charge in [0.1, 0.15) is 5.75 Å². The second kappa shape index (κ2) is 8.59. The molecule has 3 aromatic rings. The van der Waals surface area contributed by atoms with Gasteiger partial charge in [-0.2, -0.15) is 0 Å². The lowest BCUT2D eigenvalue weighted by atomic mass is 9.97. The van der Waals surface area contributed by atoms with Gasteiger partial charge in [-0.15, -0.1) is 0 Å². The highest BCUT2D eigenvalue weighted by molar-refractivity contribution is 6.30. The molecule has 5 nitrogen and oxygen atoms in total. The first-order valence-electron chi connectivity index (χ1n) is 9.75. The minimum absolute atomic E-state index is 0.150. The molecule has 3 aromatic carbocycles. The van der Waals surface area contributed by atoms with Gasteiger partial charge in [-0.05, 0) is 42.5 Å². The second-order valence-corrected chi connectivity index (χ2v) is 7.62. The largest absolute Gasteiger partial charge is 0.508 e. The van der Waals surface area contributed by atoms with Crippen LogP contribution in [0.4, 0.5) is 5.69 Å². The molecule has 0 spiro atoms. The number of carbonyl (C=O) groups is 2. The molecule has 6 heteroatoms. The van der Waals surface area contributed by atoms with Gasteiger partial charge in [0.05, 0.1) is 5.56 Å². The molecule has 1 saturated heterocycles. The van der Waals surface area contributed by atoms with Crippen molar-refractivity contribution in [1.82, 2.24) is 4.90 Å². The first kappa shape index (κ1) is 20.0. The summed E-state index contributed by atoms with van der Waals surface area (Å²) < 4.78 is 0. The molecule has 0 aromatic heterocycles. The Labute approximate surface area is 180 Å². The van der Waals surface area contributed by atoms with E-state index in [0.29, 0.717) is 47.9 Å². The van der Waals surface area contributed by atoms with E-state index in [1.165, 1.54) is 0 Å². The van der Waals surface area contributed by atoms with Crippen molar-refractivity contribution in [1.29, 1.82) is 0 Å². The number of benzene rings is 3. The Kier molecular flexibility index (Phi) is 5.72. The van der Waals surface area contributed by atoms with E-state index in [4.69, 9.17) is 11.6 Å². The minimum atomic E-state index is -0.200. The number of halogens is 1. The number of rotatable bonds is 4. The van der Waals surface area contributed by atoms with Crippen LogP contribution >= 0.6 is 11.6 Å². The lowest BCUT2D eigenvalue weighted by Gasteiger charge is -2.36. The van der Waals surface area contributed by atoms with Crippen molar-refractivity contribution < 1.29 is 14.7 Å². The lowest BCUT2D eigenvalue weighted by molar-refractivity contribution is 0.0742. The van der Waals surface area contributed by atoms with Gasteiger partial charge in [-0.1, -0.05) is 35.9 Å². The number of amides is 1. The summed E-state index contributed by atoms with van der Waals surface area (Å²) in [6.45, 7) is 2.39. The fourth-order valence-corrected chi connectivity index (χ4v) is 3.78. The second-order valence-electron chi connectivity index (χ2n) is 7.18. The summed E-state index contributed by atoms with van der Waals surface area (Å²) in [7, 11) is 0. The van der Waals surface area contributed by atoms with Crippen LogP contribution in [-0.2, 0) is 0 Å². The van der Waals surface area contributed by atoms with Crippen LogP contribution in [0.15, 0.2) is 72.8 Å². The van der Waals surface area contributed by atoms with E-state index in [1.54, 1.807) is 71.6 Å². The maximum Gasteiger partial charge on any atom is 0.254 e. The van der Waals surface area contributed by atoms with Gasteiger partial charge in [-0.25, -0.2) is 0 Å². The molecule has 0 saturated carbocycles. The molecule has 1 N–H and O–H groups in total. The molecule has 4 rings (SSSR count). The van der Waals surface area contributed by atoms with E-state index >= 15 is 0 Å². The number of phenols is 1. The Hall–Kier alpha value is -3.31. The molecule has 0 atom stereocenters. The van der Waals surface area contributed by atoms with Crippen molar-refractivity contribution in [2.45, 2.75) is 0 Å². The molecule has 1 amide bonds. The van der Waals surface area contributed by atoms with Crippen molar-refractivity contribution in [3.05, 3.63) is 94.5 Å². The van der Waals surface area contributed by atoms with Crippen LogP contribution in [0.3, 0.4) is 0 Å². The fraction of sp³-hybridized carbons (Fsp3) is 0.167. The standard InChI is InChI=1S/C24H21ClN2O3/c25-18-10-8-17(9-11-18)23(29)21-6-1-2-7-22(21)24(30)27-14-12-26(13-15-27)19-4-3-5-20(28)16-19/h1-11,16,28H,12-15H2. The van der Waals surface area contributed by atoms with E-state index in [9.17, 15) is 14.7 Å². The molecular formula is C24H21ClN2O3. The molecule has 30 heavy (non-hydrogen) atoms. The molecular weight excluding hydrogens is 400 g/mol. The van der Waals surface area contributed by atoms with Gasteiger partial charge in [0.25, 0.3) is 5.91 Å². The molecule has 152 valence electrons. The van der Waals surface area contributed by atoms with Crippen molar-refractivity contribution in [3.63, 3.8) is 0 Å². The summed E-state index contributed by atoms with van der Waals surface area (Å²) in [4.78, 5) is 30.1. The smallest absolute Gasteiger partial charge is 0.254 e. The number of ketones is 1. The van der Waals surface area contributed by atoms with Gasteiger partial charge in [-0.3, -0.25) is 9.59 Å². The highest BCUT2D eigenvalue weighted by Gasteiger charge is 2.26. The summed E-state index contributed by atoms with van der Waals surface area (Å²) in [5.41, 5.74) is 2.22. The minimum Gasteiger partial charge on any atom is -0.508 e. The predicted octanol–water partition coefficient (Wildman–Crippen LogP) is 4.24. The van der Waals surface area contributed by atoms with Gasteiger partial charge < -0.3 is 14.9 Å². The Bertz CT molecular complexity index is 1070. The zero-order valence-electron chi connectivity index (χ0n) is 16.3. The topological polar surface area (TPSA) is 60.9 Å².